The van der Waals surface area contributed by atoms with Gasteiger partial charge in [0, 0.05) is 44.8 Å². The fraction of sp³-hybridized carbons (Fsp3) is 0.762. The van der Waals surface area contributed by atoms with Crippen LogP contribution in [0, 0.1) is 5.92 Å². The molecule has 6 heteroatoms. The van der Waals surface area contributed by atoms with Crippen LogP contribution in [-0.2, 0) is 0 Å². The Bertz CT molecular complexity index is 563. The third-order valence-electron chi connectivity index (χ3n) is 5.79. The highest BCUT2D eigenvalue weighted by Gasteiger charge is 2.23. The van der Waals surface area contributed by atoms with Crippen molar-refractivity contribution in [3.05, 3.63) is 17.5 Å². The first-order chi connectivity index (χ1) is 13.2. The minimum absolute atomic E-state index is 0.525. The van der Waals surface area contributed by atoms with Crippen molar-refractivity contribution in [1.82, 2.24) is 15.5 Å². The molecular formula is C21H37N5S. The molecule has 2 N–H and O–H groups in total. The van der Waals surface area contributed by atoms with E-state index in [1.54, 1.807) is 0 Å². The van der Waals surface area contributed by atoms with Crippen molar-refractivity contribution in [3.63, 3.8) is 0 Å². The van der Waals surface area contributed by atoms with Crippen LogP contribution < -0.4 is 15.5 Å². The van der Waals surface area contributed by atoms with Crippen molar-refractivity contribution in [2.75, 3.05) is 44.2 Å². The van der Waals surface area contributed by atoms with Crippen LogP contribution in [0.1, 0.15) is 46.5 Å². The number of rotatable bonds is 6. The maximum atomic E-state index is 4.95. The van der Waals surface area contributed by atoms with Crippen LogP contribution in [0.5, 0.6) is 0 Å². The first-order valence-electron chi connectivity index (χ1n) is 10.7. The lowest BCUT2D eigenvalue weighted by atomic mass is 9.97. The Labute approximate surface area is 169 Å². The lowest BCUT2D eigenvalue weighted by molar-refractivity contribution is 0.143. The molecule has 0 aliphatic carbocycles. The molecule has 0 bridgehead atoms. The minimum atomic E-state index is 0.525. The molecule has 1 aromatic heterocycles. The summed E-state index contributed by atoms with van der Waals surface area (Å²) in [6, 6.07) is 5.55. The molecule has 1 atom stereocenters. The Morgan fingerprint density at radius 1 is 1.26 bits per heavy atom. The van der Waals surface area contributed by atoms with Gasteiger partial charge in [-0.15, -0.1) is 11.3 Å². The largest absolute Gasteiger partial charge is 0.363 e. The van der Waals surface area contributed by atoms with Gasteiger partial charge in [0.2, 0.25) is 0 Å². The van der Waals surface area contributed by atoms with Crippen LogP contribution in [0.3, 0.4) is 0 Å². The van der Waals surface area contributed by atoms with E-state index in [1.165, 1.54) is 43.8 Å². The number of likely N-dealkylation sites (tertiary alicyclic amines) is 1. The molecule has 3 rings (SSSR count). The van der Waals surface area contributed by atoms with E-state index in [4.69, 9.17) is 4.99 Å². The highest BCUT2D eigenvalue weighted by molar-refractivity contribution is 7.14. The Hall–Kier alpha value is -1.27. The quantitative estimate of drug-likeness (QED) is 0.576. The topological polar surface area (TPSA) is 42.9 Å². The van der Waals surface area contributed by atoms with E-state index in [0.717, 1.165) is 32.1 Å². The second kappa shape index (κ2) is 10.3. The summed E-state index contributed by atoms with van der Waals surface area (Å²) in [5, 5.41) is 10.7. The molecule has 2 fully saturated rings. The first-order valence-corrected chi connectivity index (χ1v) is 11.6. The lowest BCUT2D eigenvalue weighted by Gasteiger charge is -2.35. The van der Waals surface area contributed by atoms with E-state index in [0.29, 0.717) is 18.0 Å². The molecule has 1 unspecified atom stereocenters. The zero-order valence-electron chi connectivity index (χ0n) is 17.3. The van der Waals surface area contributed by atoms with Gasteiger partial charge in [-0.3, -0.25) is 4.99 Å². The number of guanidine groups is 1. The Kier molecular flexibility index (Phi) is 7.82. The molecule has 1 aromatic rings. The van der Waals surface area contributed by atoms with Gasteiger partial charge in [0.05, 0.1) is 5.00 Å². The molecule has 0 saturated carbocycles. The number of piperidine rings is 2. The molecule has 152 valence electrons. The number of nitrogens with one attached hydrogen (secondary N) is 2. The van der Waals surface area contributed by atoms with Crippen LogP contribution in [0.25, 0.3) is 0 Å². The van der Waals surface area contributed by atoms with Crippen molar-refractivity contribution in [2.45, 2.75) is 58.5 Å². The van der Waals surface area contributed by atoms with Gasteiger partial charge in [0.15, 0.2) is 5.96 Å². The molecular weight excluding hydrogens is 354 g/mol. The number of anilines is 1. The standard InChI is InChI=1S/C21H37N5S/c1-4-22-21(23-15-18-7-5-11-26(16-18)17(2)3)24-19-9-12-25(13-10-19)20-8-6-14-27-20/h6,8,14,17-19H,4-5,7,9-13,15-16H2,1-3H3,(H2,22,23,24). The summed E-state index contributed by atoms with van der Waals surface area (Å²) in [6.07, 6.45) is 4.97. The molecule has 2 aliphatic heterocycles. The van der Waals surface area contributed by atoms with Crippen LogP contribution >= 0.6 is 11.3 Å². The summed E-state index contributed by atoms with van der Waals surface area (Å²) in [4.78, 5) is 10.1. The second-order valence-corrected chi connectivity index (χ2v) is 9.10. The van der Waals surface area contributed by atoms with Gasteiger partial charge in [-0.1, -0.05) is 0 Å². The van der Waals surface area contributed by atoms with Crippen molar-refractivity contribution < 1.29 is 0 Å². The average Bonchev–Trinajstić information content (AvgIpc) is 3.22. The monoisotopic (exact) mass is 391 g/mol. The predicted octanol–water partition coefficient (Wildman–Crippen LogP) is 3.39. The number of nitrogens with zero attached hydrogens (tertiary/aromatic N) is 3. The van der Waals surface area contributed by atoms with E-state index in [9.17, 15) is 0 Å². The fourth-order valence-corrected chi connectivity index (χ4v) is 4.93. The van der Waals surface area contributed by atoms with Crippen LogP contribution in [0.4, 0.5) is 5.00 Å². The Morgan fingerprint density at radius 2 is 2.07 bits per heavy atom. The highest BCUT2D eigenvalue weighted by Crippen LogP contribution is 2.25. The van der Waals surface area contributed by atoms with Crippen molar-refractivity contribution in [3.8, 4) is 0 Å². The molecule has 3 heterocycles. The molecule has 2 aliphatic rings. The minimum Gasteiger partial charge on any atom is -0.363 e. The van der Waals surface area contributed by atoms with Crippen molar-refractivity contribution in [2.24, 2.45) is 10.9 Å². The third-order valence-corrected chi connectivity index (χ3v) is 6.72. The van der Waals surface area contributed by atoms with Gasteiger partial charge in [0.1, 0.15) is 0 Å². The molecule has 0 spiro atoms. The Morgan fingerprint density at radius 3 is 2.74 bits per heavy atom. The summed E-state index contributed by atoms with van der Waals surface area (Å²) in [5.41, 5.74) is 0. The van der Waals surface area contributed by atoms with E-state index in [1.807, 2.05) is 11.3 Å². The molecule has 27 heavy (non-hydrogen) atoms. The normalized spacial score (nSPS) is 23.0. The highest BCUT2D eigenvalue weighted by atomic mass is 32.1. The number of aliphatic imine (C=N–C) groups is 1. The van der Waals surface area contributed by atoms with Gasteiger partial charge in [-0.2, -0.15) is 0 Å². The maximum absolute atomic E-state index is 4.95. The smallest absolute Gasteiger partial charge is 0.191 e. The van der Waals surface area contributed by atoms with E-state index in [2.05, 4.69) is 58.7 Å². The van der Waals surface area contributed by atoms with Gasteiger partial charge < -0.3 is 20.4 Å². The zero-order chi connectivity index (χ0) is 19.1. The van der Waals surface area contributed by atoms with E-state index < -0.39 is 0 Å². The van der Waals surface area contributed by atoms with Crippen LogP contribution in [0.2, 0.25) is 0 Å². The molecule has 0 radical (unpaired) electrons. The van der Waals surface area contributed by atoms with E-state index in [-0.39, 0.29) is 0 Å². The maximum Gasteiger partial charge on any atom is 0.191 e. The van der Waals surface area contributed by atoms with Gasteiger partial charge in [-0.05, 0) is 76.4 Å². The number of hydrogen-bond donors (Lipinski definition) is 2. The molecule has 2 saturated heterocycles. The lowest BCUT2D eigenvalue weighted by Crippen LogP contribution is -2.49. The third kappa shape index (κ3) is 6.11. The van der Waals surface area contributed by atoms with Gasteiger partial charge >= 0.3 is 0 Å². The summed E-state index contributed by atoms with van der Waals surface area (Å²) < 4.78 is 0. The van der Waals surface area contributed by atoms with Crippen molar-refractivity contribution >= 4 is 22.3 Å². The first kappa shape index (κ1) is 20.5. The fourth-order valence-electron chi connectivity index (χ4n) is 4.14. The van der Waals surface area contributed by atoms with Crippen LogP contribution in [0.15, 0.2) is 22.5 Å². The average molecular weight is 392 g/mol. The second-order valence-electron chi connectivity index (χ2n) is 8.17. The zero-order valence-corrected chi connectivity index (χ0v) is 18.1. The van der Waals surface area contributed by atoms with E-state index >= 15 is 0 Å². The van der Waals surface area contributed by atoms with Crippen LogP contribution in [-0.4, -0.2) is 62.2 Å². The molecule has 0 aromatic carbocycles. The summed E-state index contributed by atoms with van der Waals surface area (Å²) in [7, 11) is 0. The predicted molar refractivity (Wildman–Crippen MR) is 118 cm³/mol. The summed E-state index contributed by atoms with van der Waals surface area (Å²) in [5.74, 6) is 1.70. The SMILES string of the molecule is CCNC(=NCC1CCCN(C(C)C)C1)NC1CCN(c2cccs2)CC1. The summed E-state index contributed by atoms with van der Waals surface area (Å²) in [6.45, 7) is 13.3. The number of thiophene rings is 1. The van der Waals surface area contributed by atoms with Gasteiger partial charge in [-0.25, -0.2) is 0 Å². The van der Waals surface area contributed by atoms with Gasteiger partial charge in [0.25, 0.3) is 0 Å². The van der Waals surface area contributed by atoms with Crippen molar-refractivity contribution in [1.29, 1.82) is 0 Å². The Balaban J connectivity index is 1.48. The molecule has 5 nitrogen and oxygen atoms in total. The summed E-state index contributed by atoms with van der Waals surface area (Å²) >= 11 is 1.84. The molecule has 0 amide bonds. The number of hydrogen-bond acceptors (Lipinski definition) is 4.